The zero-order chi connectivity index (χ0) is 16.9. The lowest BCUT2D eigenvalue weighted by atomic mass is 10.00. The summed E-state index contributed by atoms with van der Waals surface area (Å²) in [6.45, 7) is 5.74. The van der Waals surface area contributed by atoms with Crippen molar-refractivity contribution >= 4 is 0 Å². The van der Waals surface area contributed by atoms with Crippen molar-refractivity contribution in [2.75, 3.05) is 27.2 Å². The Kier molecular flexibility index (Phi) is 5.68. The molecule has 1 aliphatic rings. The van der Waals surface area contributed by atoms with Crippen LogP contribution in [0.2, 0.25) is 0 Å². The second-order valence-electron chi connectivity index (χ2n) is 6.90. The highest BCUT2D eigenvalue weighted by molar-refractivity contribution is 5.23. The Hall–Kier alpha value is -1.66. The molecule has 3 rings (SSSR count). The minimum absolute atomic E-state index is 0.228. The lowest BCUT2D eigenvalue weighted by Gasteiger charge is -2.17. The van der Waals surface area contributed by atoms with Gasteiger partial charge in [0, 0.05) is 32.1 Å². The van der Waals surface area contributed by atoms with Gasteiger partial charge in [-0.15, -0.1) is 0 Å². The summed E-state index contributed by atoms with van der Waals surface area (Å²) in [6.07, 6.45) is 0. The average Bonchev–Trinajstić information content (AvgIpc) is 3.15. The molecule has 1 saturated heterocycles. The van der Waals surface area contributed by atoms with Gasteiger partial charge in [0.1, 0.15) is 11.5 Å². The summed E-state index contributed by atoms with van der Waals surface area (Å²) in [6, 6.07) is 13.1. The number of hydrogen-bond acceptors (Lipinski definition) is 5. The maximum atomic E-state index is 5.78. The van der Waals surface area contributed by atoms with E-state index in [2.05, 4.69) is 65.5 Å². The molecule has 1 fully saturated rings. The topological polar surface area (TPSA) is 52.5 Å². The van der Waals surface area contributed by atoms with Crippen LogP contribution in [0.15, 0.2) is 40.8 Å². The molecule has 3 N–H and O–H groups in total. The highest BCUT2D eigenvalue weighted by Gasteiger charge is 2.30. The van der Waals surface area contributed by atoms with E-state index in [0.29, 0.717) is 5.92 Å². The molecule has 0 saturated carbocycles. The van der Waals surface area contributed by atoms with Crippen molar-refractivity contribution in [2.24, 2.45) is 5.92 Å². The van der Waals surface area contributed by atoms with E-state index in [1.807, 2.05) is 13.0 Å². The highest BCUT2D eigenvalue weighted by atomic mass is 16.3. The third-order valence-corrected chi connectivity index (χ3v) is 4.39. The van der Waals surface area contributed by atoms with E-state index in [1.54, 1.807) is 0 Å². The first-order valence-corrected chi connectivity index (χ1v) is 8.60. The van der Waals surface area contributed by atoms with Crippen LogP contribution < -0.4 is 16.2 Å². The number of nitrogens with zero attached hydrogens (tertiary/aromatic N) is 1. The normalized spacial score (nSPS) is 20.8. The van der Waals surface area contributed by atoms with Crippen LogP contribution in [0.25, 0.3) is 0 Å². The van der Waals surface area contributed by atoms with E-state index >= 15 is 0 Å². The molecule has 5 nitrogen and oxygen atoms in total. The van der Waals surface area contributed by atoms with Gasteiger partial charge in [-0.25, -0.2) is 5.43 Å². The van der Waals surface area contributed by atoms with Crippen LogP contribution in [0.3, 0.4) is 0 Å². The monoisotopic (exact) mass is 328 g/mol. The van der Waals surface area contributed by atoms with E-state index in [9.17, 15) is 0 Å². The molecule has 1 aromatic heterocycles. The van der Waals surface area contributed by atoms with E-state index in [4.69, 9.17) is 4.42 Å². The quantitative estimate of drug-likeness (QED) is 0.727. The predicted molar refractivity (Wildman–Crippen MR) is 96.4 cm³/mol. The molecular formula is C19H28N4O. The molecule has 2 heterocycles. The molecule has 0 amide bonds. The summed E-state index contributed by atoms with van der Waals surface area (Å²) in [7, 11) is 4.20. The maximum Gasteiger partial charge on any atom is 0.122 e. The van der Waals surface area contributed by atoms with Crippen molar-refractivity contribution in [1.82, 2.24) is 21.1 Å². The van der Waals surface area contributed by atoms with Gasteiger partial charge in [-0.2, -0.15) is 0 Å². The fourth-order valence-electron chi connectivity index (χ4n) is 3.25. The van der Waals surface area contributed by atoms with Gasteiger partial charge >= 0.3 is 0 Å². The predicted octanol–water partition coefficient (Wildman–Crippen LogP) is 2.20. The fraction of sp³-hybridized carbons (Fsp3) is 0.474. The number of rotatable bonds is 7. The van der Waals surface area contributed by atoms with E-state index in [-0.39, 0.29) is 6.04 Å². The lowest BCUT2D eigenvalue weighted by Crippen LogP contribution is -2.28. The molecule has 130 valence electrons. The smallest absolute Gasteiger partial charge is 0.122 e. The van der Waals surface area contributed by atoms with Gasteiger partial charge in [0.05, 0.1) is 6.04 Å². The Morgan fingerprint density at radius 3 is 2.79 bits per heavy atom. The van der Waals surface area contributed by atoms with Gasteiger partial charge in [-0.3, -0.25) is 5.43 Å². The summed E-state index contributed by atoms with van der Waals surface area (Å²) in [5.41, 5.74) is 9.27. The lowest BCUT2D eigenvalue weighted by molar-refractivity contribution is 0.360. The third kappa shape index (κ3) is 4.45. The Bertz CT molecular complexity index is 652. The number of furan rings is 1. The fourth-order valence-corrected chi connectivity index (χ4v) is 3.25. The average molecular weight is 328 g/mol. The molecule has 0 spiro atoms. The zero-order valence-corrected chi connectivity index (χ0v) is 14.8. The van der Waals surface area contributed by atoms with Crippen molar-refractivity contribution < 1.29 is 4.42 Å². The van der Waals surface area contributed by atoms with Gasteiger partial charge in [-0.1, -0.05) is 24.3 Å². The maximum absolute atomic E-state index is 5.78. The number of nitrogens with one attached hydrogen (secondary N) is 3. The molecule has 0 radical (unpaired) electrons. The molecule has 2 aromatic rings. The Morgan fingerprint density at radius 1 is 1.21 bits per heavy atom. The van der Waals surface area contributed by atoms with Crippen LogP contribution >= 0.6 is 0 Å². The molecule has 2 atom stereocenters. The number of hydrazine groups is 1. The van der Waals surface area contributed by atoms with Crippen LogP contribution in [0.4, 0.5) is 0 Å². The van der Waals surface area contributed by atoms with Crippen molar-refractivity contribution in [3.05, 3.63) is 59.0 Å². The largest absolute Gasteiger partial charge is 0.465 e. The highest BCUT2D eigenvalue weighted by Crippen LogP contribution is 2.26. The molecule has 0 aliphatic carbocycles. The second kappa shape index (κ2) is 7.94. The van der Waals surface area contributed by atoms with Crippen molar-refractivity contribution in [1.29, 1.82) is 0 Å². The summed E-state index contributed by atoms with van der Waals surface area (Å²) >= 11 is 0. The van der Waals surface area contributed by atoms with Crippen LogP contribution in [-0.4, -0.2) is 32.1 Å². The number of benzene rings is 1. The first kappa shape index (κ1) is 17.2. The van der Waals surface area contributed by atoms with Gasteiger partial charge in [-0.05, 0) is 44.3 Å². The van der Waals surface area contributed by atoms with Gasteiger partial charge in [0.2, 0.25) is 0 Å². The van der Waals surface area contributed by atoms with Crippen LogP contribution in [0.1, 0.15) is 28.7 Å². The van der Waals surface area contributed by atoms with Gasteiger partial charge in [0.25, 0.3) is 0 Å². The van der Waals surface area contributed by atoms with Crippen molar-refractivity contribution in [2.45, 2.75) is 26.1 Å². The first-order chi connectivity index (χ1) is 11.6. The number of hydrogen-bond donors (Lipinski definition) is 3. The summed E-state index contributed by atoms with van der Waals surface area (Å²) in [5, 5.41) is 3.60. The number of aryl methyl sites for hydroxylation is 1. The van der Waals surface area contributed by atoms with Crippen molar-refractivity contribution in [3.8, 4) is 0 Å². The zero-order valence-electron chi connectivity index (χ0n) is 14.8. The van der Waals surface area contributed by atoms with Crippen LogP contribution in [0, 0.1) is 12.8 Å². The summed E-state index contributed by atoms with van der Waals surface area (Å²) < 4.78 is 5.78. The Balaban J connectivity index is 1.52. The Morgan fingerprint density at radius 2 is 2.04 bits per heavy atom. The minimum Gasteiger partial charge on any atom is -0.465 e. The van der Waals surface area contributed by atoms with Crippen LogP contribution in [0.5, 0.6) is 0 Å². The first-order valence-electron chi connectivity index (χ1n) is 8.60. The summed E-state index contributed by atoms with van der Waals surface area (Å²) in [4.78, 5) is 2.19. The van der Waals surface area contributed by atoms with E-state index in [1.165, 1.54) is 11.1 Å². The van der Waals surface area contributed by atoms with Crippen molar-refractivity contribution in [3.63, 3.8) is 0 Å². The van der Waals surface area contributed by atoms with Gasteiger partial charge in [0.15, 0.2) is 0 Å². The molecular weight excluding hydrogens is 300 g/mol. The standard InChI is InChI=1S/C19H28N4O/c1-14-7-8-18(24-14)19-17(12-21-22-19)11-20-10-15-5-4-6-16(9-15)13-23(2)3/h4-9,17,19-22H,10-13H2,1-3H3. The van der Waals surface area contributed by atoms with E-state index in [0.717, 1.165) is 37.7 Å². The molecule has 5 heteroatoms. The SMILES string of the molecule is Cc1ccc(C2NNCC2CNCc2cccc(CN(C)C)c2)o1. The Labute approximate surface area is 144 Å². The third-order valence-electron chi connectivity index (χ3n) is 4.39. The molecule has 1 aromatic carbocycles. The minimum atomic E-state index is 0.228. The van der Waals surface area contributed by atoms with Gasteiger partial charge < -0.3 is 14.6 Å². The molecule has 1 aliphatic heterocycles. The van der Waals surface area contributed by atoms with Crippen LogP contribution in [-0.2, 0) is 13.1 Å². The summed E-state index contributed by atoms with van der Waals surface area (Å²) in [5.74, 6) is 2.45. The molecule has 2 unspecified atom stereocenters. The van der Waals surface area contributed by atoms with E-state index < -0.39 is 0 Å². The second-order valence-corrected chi connectivity index (χ2v) is 6.90. The molecule has 0 bridgehead atoms. The molecule has 24 heavy (non-hydrogen) atoms.